The highest BCUT2D eigenvalue weighted by molar-refractivity contribution is 5.92. The van der Waals surface area contributed by atoms with E-state index in [1.54, 1.807) is 13.2 Å². The average Bonchev–Trinajstić information content (AvgIpc) is 2.86. The van der Waals surface area contributed by atoms with Gasteiger partial charge < -0.3 is 14.8 Å². The van der Waals surface area contributed by atoms with Crippen LogP contribution in [0, 0.1) is 13.8 Å². The second-order valence-electron chi connectivity index (χ2n) is 5.86. The van der Waals surface area contributed by atoms with Crippen LogP contribution in [0.2, 0.25) is 0 Å². The summed E-state index contributed by atoms with van der Waals surface area (Å²) in [5, 5.41) is 12.7. The van der Waals surface area contributed by atoms with E-state index < -0.39 is 11.5 Å². The van der Waals surface area contributed by atoms with Gasteiger partial charge in [-0.25, -0.2) is 4.79 Å². The van der Waals surface area contributed by atoms with Crippen LogP contribution in [-0.4, -0.2) is 22.5 Å². The lowest BCUT2D eigenvalue weighted by atomic mass is 9.98. The van der Waals surface area contributed by atoms with Crippen molar-refractivity contribution in [2.75, 3.05) is 0 Å². The molecule has 2 N–H and O–H groups in total. The fraction of sp³-hybridized carbons (Fsp3) is 0.412. The zero-order valence-corrected chi connectivity index (χ0v) is 13.3. The van der Waals surface area contributed by atoms with Crippen LogP contribution in [0.5, 0.6) is 0 Å². The molecule has 1 aromatic heterocycles. The highest BCUT2D eigenvalue weighted by Gasteiger charge is 2.32. The fourth-order valence-corrected chi connectivity index (χ4v) is 2.34. The van der Waals surface area contributed by atoms with Crippen LogP contribution in [0.4, 0.5) is 0 Å². The second kappa shape index (κ2) is 5.83. The van der Waals surface area contributed by atoms with Gasteiger partial charge in [-0.15, -0.1) is 0 Å². The molecule has 0 bridgehead atoms. The molecule has 0 aliphatic heterocycles. The Morgan fingerprint density at radius 2 is 2.00 bits per heavy atom. The molecule has 0 aliphatic carbocycles. The Balaban J connectivity index is 2.23. The van der Waals surface area contributed by atoms with Crippen molar-refractivity contribution < 1.29 is 19.1 Å². The van der Waals surface area contributed by atoms with E-state index in [-0.39, 0.29) is 12.3 Å². The van der Waals surface area contributed by atoms with E-state index in [2.05, 4.69) is 5.32 Å². The van der Waals surface area contributed by atoms with Gasteiger partial charge in [-0.3, -0.25) is 4.79 Å². The Morgan fingerprint density at radius 1 is 1.32 bits per heavy atom. The van der Waals surface area contributed by atoms with Crippen molar-refractivity contribution in [2.24, 2.45) is 0 Å². The van der Waals surface area contributed by atoms with Gasteiger partial charge in [0.05, 0.1) is 12.7 Å². The van der Waals surface area contributed by atoms with Crippen LogP contribution in [0.15, 0.2) is 22.8 Å². The number of aryl methyl sites for hydroxylation is 2. The number of carbonyl (C=O) groups is 2. The van der Waals surface area contributed by atoms with E-state index in [4.69, 9.17) is 4.42 Å². The Hall–Kier alpha value is -2.30. The highest BCUT2D eigenvalue weighted by atomic mass is 16.4. The van der Waals surface area contributed by atoms with Crippen molar-refractivity contribution in [3.05, 3.63) is 35.1 Å². The van der Waals surface area contributed by atoms with Crippen molar-refractivity contribution in [2.45, 2.75) is 46.1 Å². The SMILES string of the molecule is CCC(C)(NC(=O)Cc1coc2c(C)c(C)ccc12)C(=O)O. The van der Waals surface area contributed by atoms with E-state index >= 15 is 0 Å². The molecule has 1 atom stereocenters. The summed E-state index contributed by atoms with van der Waals surface area (Å²) in [5.41, 5.74) is 2.47. The molecule has 5 heteroatoms. The average molecular weight is 303 g/mol. The maximum Gasteiger partial charge on any atom is 0.329 e. The minimum absolute atomic E-state index is 0.0956. The lowest BCUT2D eigenvalue weighted by Gasteiger charge is -2.24. The molecule has 0 aliphatic rings. The smallest absolute Gasteiger partial charge is 0.329 e. The van der Waals surface area contributed by atoms with E-state index in [0.717, 1.165) is 27.7 Å². The molecule has 0 saturated heterocycles. The fourth-order valence-electron chi connectivity index (χ4n) is 2.34. The predicted molar refractivity (Wildman–Crippen MR) is 83.9 cm³/mol. The van der Waals surface area contributed by atoms with Gasteiger partial charge in [-0.2, -0.15) is 0 Å². The minimum atomic E-state index is -1.25. The normalized spacial score (nSPS) is 13.8. The molecular weight excluding hydrogens is 282 g/mol. The third kappa shape index (κ3) is 2.84. The number of amides is 1. The first-order valence-electron chi connectivity index (χ1n) is 7.29. The Morgan fingerprint density at radius 3 is 2.59 bits per heavy atom. The van der Waals surface area contributed by atoms with Crippen LogP contribution in [0.3, 0.4) is 0 Å². The molecule has 0 fully saturated rings. The molecule has 1 aromatic carbocycles. The molecule has 0 saturated carbocycles. The summed E-state index contributed by atoms with van der Waals surface area (Å²) < 4.78 is 5.57. The number of hydrogen-bond acceptors (Lipinski definition) is 3. The summed E-state index contributed by atoms with van der Waals surface area (Å²) in [6.45, 7) is 7.22. The van der Waals surface area contributed by atoms with Gasteiger partial charge in [0.15, 0.2) is 0 Å². The molecule has 2 rings (SSSR count). The summed E-state index contributed by atoms with van der Waals surface area (Å²) in [7, 11) is 0. The van der Waals surface area contributed by atoms with Gasteiger partial charge >= 0.3 is 5.97 Å². The number of fused-ring (bicyclic) bond motifs is 1. The zero-order chi connectivity index (χ0) is 16.5. The van der Waals surface area contributed by atoms with Crippen molar-refractivity contribution >= 4 is 22.8 Å². The van der Waals surface area contributed by atoms with Crippen molar-refractivity contribution in [1.29, 1.82) is 0 Å². The number of nitrogens with one attached hydrogen (secondary N) is 1. The molecule has 5 nitrogen and oxygen atoms in total. The number of carboxylic acids is 1. The van der Waals surface area contributed by atoms with Gasteiger partial charge in [0.2, 0.25) is 5.91 Å². The summed E-state index contributed by atoms with van der Waals surface area (Å²) in [6, 6.07) is 3.92. The number of furan rings is 1. The van der Waals surface area contributed by atoms with E-state index in [9.17, 15) is 14.7 Å². The minimum Gasteiger partial charge on any atom is -0.480 e. The van der Waals surface area contributed by atoms with E-state index in [1.807, 2.05) is 26.0 Å². The quantitative estimate of drug-likeness (QED) is 0.890. The maximum atomic E-state index is 12.2. The van der Waals surface area contributed by atoms with Crippen LogP contribution in [-0.2, 0) is 16.0 Å². The van der Waals surface area contributed by atoms with Crippen LogP contribution >= 0.6 is 0 Å². The standard InChI is InChI=1S/C17H21NO4/c1-5-17(4,16(20)21)18-14(19)8-12-9-22-15-11(3)10(2)6-7-13(12)15/h6-7,9H,5,8H2,1-4H3,(H,18,19)(H,20,21). The van der Waals surface area contributed by atoms with Crippen LogP contribution in [0.1, 0.15) is 37.0 Å². The Labute approximate surface area is 129 Å². The number of benzene rings is 1. The Bertz CT molecular complexity index is 732. The number of carboxylic acid groups (broad SMARTS) is 1. The molecular formula is C17H21NO4. The van der Waals surface area contributed by atoms with Gasteiger partial charge in [0.1, 0.15) is 11.1 Å². The van der Waals surface area contributed by atoms with Crippen LogP contribution in [0.25, 0.3) is 11.0 Å². The van der Waals surface area contributed by atoms with Crippen LogP contribution < -0.4 is 5.32 Å². The first-order valence-corrected chi connectivity index (χ1v) is 7.29. The third-order valence-corrected chi connectivity index (χ3v) is 4.29. The summed E-state index contributed by atoms with van der Waals surface area (Å²) in [4.78, 5) is 23.4. The summed E-state index contributed by atoms with van der Waals surface area (Å²) in [5.74, 6) is -1.36. The molecule has 1 heterocycles. The lowest BCUT2D eigenvalue weighted by molar-refractivity contribution is -0.146. The number of rotatable bonds is 5. The molecule has 0 radical (unpaired) electrons. The predicted octanol–water partition coefficient (Wildman–Crippen LogP) is 2.96. The topological polar surface area (TPSA) is 79.5 Å². The number of hydrogen-bond donors (Lipinski definition) is 2. The van der Waals surface area contributed by atoms with Gasteiger partial charge in [-0.1, -0.05) is 19.1 Å². The maximum absolute atomic E-state index is 12.2. The van der Waals surface area contributed by atoms with Gasteiger partial charge in [-0.05, 0) is 38.3 Å². The van der Waals surface area contributed by atoms with Gasteiger partial charge in [0, 0.05) is 10.9 Å². The molecule has 1 amide bonds. The van der Waals surface area contributed by atoms with E-state index in [0.29, 0.717) is 6.42 Å². The Kier molecular flexibility index (Phi) is 4.26. The van der Waals surface area contributed by atoms with Crippen molar-refractivity contribution in [3.8, 4) is 0 Å². The first-order chi connectivity index (χ1) is 10.3. The van der Waals surface area contributed by atoms with Crippen molar-refractivity contribution in [3.63, 3.8) is 0 Å². The monoisotopic (exact) mass is 303 g/mol. The second-order valence-corrected chi connectivity index (χ2v) is 5.86. The van der Waals surface area contributed by atoms with E-state index in [1.165, 1.54) is 6.92 Å². The molecule has 2 aromatic rings. The third-order valence-electron chi connectivity index (χ3n) is 4.29. The van der Waals surface area contributed by atoms with Crippen molar-refractivity contribution in [1.82, 2.24) is 5.32 Å². The molecule has 1 unspecified atom stereocenters. The zero-order valence-electron chi connectivity index (χ0n) is 13.3. The first kappa shape index (κ1) is 16.1. The largest absolute Gasteiger partial charge is 0.480 e. The summed E-state index contributed by atoms with van der Waals surface area (Å²) in [6.07, 6.45) is 1.98. The highest BCUT2D eigenvalue weighted by Crippen LogP contribution is 2.26. The number of aliphatic carboxylic acids is 1. The molecule has 0 spiro atoms. The summed E-state index contributed by atoms with van der Waals surface area (Å²) >= 11 is 0. The molecule has 118 valence electrons. The van der Waals surface area contributed by atoms with Gasteiger partial charge in [0.25, 0.3) is 0 Å². The molecule has 22 heavy (non-hydrogen) atoms. The number of carbonyl (C=O) groups excluding carboxylic acids is 1. The lowest BCUT2D eigenvalue weighted by Crippen LogP contribution is -2.52.